The van der Waals surface area contributed by atoms with E-state index in [0.29, 0.717) is 37.3 Å². The molecule has 1 unspecified atom stereocenters. The molecule has 7 nitrogen and oxygen atoms in total. The zero-order chi connectivity index (χ0) is 24.3. The predicted molar refractivity (Wildman–Crippen MR) is 123 cm³/mol. The van der Waals surface area contributed by atoms with Crippen LogP contribution in [0.4, 0.5) is 8.78 Å². The number of halogens is 2. The van der Waals surface area contributed by atoms with Gasteiger partial charge in [0.05, 0.1) is 17.6 Å². The quantitative estimate of drug-likeness (QED) is 0.640. The van der Waals surface area contributed by atoms with Crippen LogP contribution in [-0.4, -0.2) is 87.0 Å². The zero-order valence-corrected chi connectivity index (χ0v) is 19.9. The van der Waals surface area contributed by atoms with Crippen LogP contribution >= 0.6 is 0 Å². The Labute approximate surface area is 199 Å². The molecule has 0 radical (unpaired) electrons. The number of nitrogens with zero attached hydrogens (tertiary/aromatic N) is 3. The highest BCUT2D eigenvalue weighted by molar-refractivity contribution is 7.89. The highest BCUT2D eigenvalue weighted by Gasteiger charge is 2.32. The van der Waals surface area contributed by atoms with Crippen molar-refractivity contribution in [2.75, 3.05) is 52.4 Å². The lowest BCUT2D eigenvalue weighted by atomic mass is 10.2. The van der Waals surface area contributed by atoms with E-state index < -0.39 is 15.8 Å². The number of aryl methyl sites for hydroxylation is 1. The number of rotatable bonds is 5. The van der Waals surface area contributed by atoms with Gasteiger partial charge in [-0.05, 0) is 61.9 Å². The maximum Gasteiger partial charge on any atom is 0.253 e. The minimum atomic E-state index is -3.82. The SMILES string of the molecule is Cc1ccc(S(=O)(=O)N2CCOC(CN3CCCN(C(=O)c4ccc(F)cc4)CC3)C2)cc1F. The molecule has 2 saturated heterocycles. The molecule has 0 spiro atoms. The summed E-state index contributed by atoms with van der Waals surface area (Å²) in [5, 5.41) is 0. The summed E-state index contributed by atoms with van der Waals surface area (Å²) in [5.41, 5.74) is 0.853. The largest absolute Gasteiger partial charge is 0.374 e. The van der Waals surface area contributed by atoms with Crippen molar-refractivity contribution in [3.05, 3.63) is 65.2 Å². The van der Waals surface area contributed by atoms with Crippen LogP contribution in [-0.2, 0) is 14.8 Å². The molecule has 2 aliphatic rings. The highest BCUT2D eigenvalue weighted by atomic mass is 32.2. The molecule has 0 aliphatic carbocycles. The monoisotopic (exact) mass is 493 g/mol. The Morgan fingerprint density at radius 3 is 2.53 bits per heavy atom. The summed E-state index contributed by atoms with van der Waals surface area (Å²) in [6.45, 7) is 5.29. The van der Waals surface area contributed by atoms with Crippen molar-refractivity contribution in [3.8, 4) is 0 Å². The third kappa shape index (κ3) is 5.63. The van der Waals surface area contributed by atoms with E-state index in [4.69, 9.17) is 4.74 Å². The number of hydrogen-bond acceptors (Lipinski definition) is 5. The van der Waals surface area contributed by atoms with E-state index in [0.717, 1.165) is 19.0 Å². The van der Waals surface area contributed by atoms with Crippen LogP contribution in [0, 0.1) is 18.6 Å². The number of carbonyl (C=O) groups excluding carboxylic acids is 1. The summed E-state index contributed by atoms with van der Waals surface area (Å²) in [6, 6.07) is 9.51. The van der Waals surface area contributed by atoms with E-state index >= 15 is 0 Å². The first-order chi connectivity index (χ1) is 16.2. The average Bonchev–Trinajstić information content (AvgIpc) is 3.06. The summed E-state index contributed by atoms with van der Waals surface area (Å²) >= 11 is 0. The van der Waals surface area contributed by atoms with Crippen molar-refractivity contribution >= 4 is 15.9 Å². The molecule has 2 aliphatic heterocycles. The number of morpholine rings is 1. The second-order valence-electron chi connectivity index (χ2n) is 8.72. The first-order valence-corrected chi connectivity index (χ1v) is 12.8. The average molecular weight is 494 g/mol. The molecule has 2 fully saturated rings. The van der Waals surface area contributed by atoms with Gasteiger partial charge in [-0.15, -0.1) is 0 Å². The minimum Gasteiger partial charge on any atom is -0.374 e. The first kappa shape index (κ1) is 24.7. The molecule has 4 rings (SSSR count). The third-order valence-corrected chi connectivity index (χ3v) is 8.17. The van der Waals surface area contributed by atoms with E-state index in [1.165, 1.54) is 40.7 Å². The smallest absolute Gasteiger partial charge is 0.253 e. The second kappa shape index (κ2) is 10.5. The molecule has 2 aromatic rings. The summed E-state index contributed by atoms with van der Waals surface area (Å²) in [4.78, 5) is 16.6. The van der Waals surface area contributed by atoms with E-state index in [9.17, 15) is 22.0 Å². The van der Waals surface area contributed by atoms with Gasteiger partial charge in [-0.25, -0.2) is 17.2 Å². The molecule has 0 N–H and O–H groups in total. The fourth-order valence-corrected chi connectivity index (χ4v) is 5.79. The summed E-state index contributed by atoms with van der Waals surface area (Å²) in [6.07, 6.45) is 0.447. The summed E-state index contributed by atoms with van der Waals surface area (Å²) in [7, 11) is -3.82. The number of hydrogen-bond donors (Lipinski definition) is 0. The van der Waals surface area contributed by atoms with E-state index in [-0.39, 0.29) is 42.4 Å². The molecule has 10 heteroatoms. The van der Waals surface area contributed by atoms with E-state index in [2.05, 4.69) is 4.90 Å². The number of carbonyl (C=O) groups is 1. The fourth-order valence-electron chi connectivity index (χ4n) is 4.32. The lowest BCUT2D eigenvalue weighted by Gasteiger charge is -2.34. The molecule has 1 atom stereocenters. The molecule has 34 heavy (non-hydrogen) atoms. The van der Waals surface area contributed by atoms with Crippen molar-refractivity contribution in [2.45, 2.75) is 24.3 Å². The van der Waals surface area contributed by atoms with Gasteiger partial charge in [-0.3, -0.25) is 9.69 Å². The highest BCUT2D eigenvalue weighted by Crippen LogP contribution is 2.22. The van der Waals surface area contributed by atoms with Gasteiger partial charge in [-0.1, -0.05) is 6.07 Å². The van der Waals surface area contributed by atoms with Crippen LogP contribution in [0.15, 0.2) is 47.4 Å². The molecule has 2 aromatic carbocycles. The van der Waals surface area contributed by atoms with Crippen molar-refractivity contribution in [3.63, 3.8) is 0 Å². The Morgan fingerprint density at radius 1 is 1.03 bits per heavy atom. The Balaban J connectivity index is 1.35. The molecule has 184 valence electrons. The maximum absolute atomic E-state index is 14.0. The lowest BCUT2D eigenvalue weighted by Crippen LogP contribution is -2.50. The van der Waals surface area contributed by atoms with Gasteiger partial charge in [0.2, 0.25) is 10.0 Å². The van der Waals surface area contributed by atoms with Crippen LogP contribution < -0.4 is 0 Å². The summed E-state index contributed by atoms with van der Waals surface area (Å²) < 4.78 is 60.4. The number of amides is 1. The Kier molecular flexibility index (Phi) is 7.61. The van der Waals surface area contributed by atoms with Crippen molar-refractivity contribution < 1.29 is 26.7 Å². The molecule has 0 saturated carbocycles. The number of benzene rings is 2. The Morgan fingerprint density at radius 2 is 1.79 bits per heavy atom. The Hall–Kier alpha value is -2.40. The van der Waals surface area contributed by atoms with Crippen LogP contribution in [0.2, 0.25) is 0 Å². The third-order valence-electron chi connectivity index (χ3n) is 6.31. The van der Waals surface area contributed by atoms with Crippen LogP contribution in [0.3, 0.4) is 0 Å². The topological polar surface area (TPSA) is 70.2 Å². The molecular weight excluding hydrogens is 464 g/mol. The van der Waals surface area contributed by atoms with Gasteiger partial charge in [0.15, 0.2) is 0 Å². The van der Waals surface area contributed by atoms with Crippen molar-refractivity contribution in [1.29, 1.82) is 0 Å². The van der Waals surface area contributed by atoms with Gasteiger partial charge in [-0.2, -0.15) is 4.31 Å². The van der Waals surface area contributed by atoms with Crippen LogP contribution in [0.25, 0.3) is 0 Å². The molecular formula is C24H29F2N3O4S. The number of sulfonamides is 1. The maximum atomic E-state index is 14.0. The van der Waals surface area contributed by atoms with Crippen molar-refractivity contribution in [2.24, 2.45) is 0 Å². The molecule has 1 amide bonds. The van der Waals surface area contributed by atoms with Crippen molar-refractivity contribution in [1.82, 2.24) is 14.1 Å². The van der Waals surface area contributed by atoms with Gasteiger partial charge < -0.3 is 9.64 Å². The van der Waals surface area contributed by atoms with Gasteiger partial charge in [0.25, 0.3) is 5.91 Å². The minimum absolute atomic E-state index is 0.0547. The normalized spacial score (nSPS) is 20.8. The zero-order valence-electron chi connectivity index (χ0n) is 19.1. The molecule has 2 heterocycles. The van der Waals surface area contributed by atoms with E-state index in [1.54, 1.807) is 11.8 Å². The van der Waals surface area contributed by atoms with Gasteiger partial charge in [0, 0.05) is 44.8 Å². The predicted octanol–water partition coefficient (Wildman–Crippen LogP) is 2.51. The second-order valence-corrected chi connectivity index (χ2v) is 10.7. The molecule has 0 aromatic heterocycles. The lowest BCUT2D eigenvalue weighted by molar-refractivity contribution is -0.0193. The molecule has 0 bridgehead atoms. The fraction of sp³-hybridized carbons (Fsp3) is 0.458. The van der Waals surface area contributed by atoms with Crippen LogP contribution in [0.5, 0.6) is 0 Å². The Bertz CT molecular complexity index is 1130. The summed E-state index contributed by atoms with van der Waals surface area (Å²) in [5.74, 6) is -1.05. The first-order valence-electron chi connectivity index (χ1n) is 11.4. The van der Waals surface area contributed by atoms with E-state index in [1.807, 2.05) is 0 Å². The van der Waals surface area contributed by atoms with Gasteiger partial charge >= 0.3 is 0 Å². The standard InChI is InChI=1S/C24H29F2N3O4S/c1-18-3-8-22(15-23(18)26)34(31,32)29-13-14-33-21(17-29)16-27-9-2-10-28(12-11-27)24(30)19-4-6-20(25)7-5-19/h3-8,15,21H,2,9-14,16-17H2,1H3. The van der Waals surface area contributed by atoms with Gasteiger partial charge in [0.1, 0.15) is 11.6 Å². The van der Waals surface area contributed by atoms with Crippen LogP contribution in [0.1, 0.15) is 22.3 Å². The number of ether oxygens (including phenoxy) is 1.